The van der Waals surface area contributed by atoms with E-state index < -0.39 is 11.4 Å². The number of methoxy groups -OCH3 is 1. The number of carbonyl (C=O) groups is 2. The molecule has 2 atom stereocenters. The minimum Gasteiger partial charge on any atom is -0.493 e. The molecule has 0 saturated heterocycles. The lowest BCUT2D eigenvalue weighted by Crippen LogP contribution is -2.38. The third-order valence-electron chi connectivity index (χ3n) is 4.19. The van der Waals surface area contributed by atoms with Gasteiger partial charge in [-0.25, -0.2) is 0 Å². The summed E-state index contributed by atoms with van der Waals surface area (Å²) in [6.45, 7) is 3.98. The molecule has 0 bridgehead atoms. The van der Waals surface area contributed by atoms with Crippen LogP contribution in [0.25, 0.3) is 0 Å². The van der Waals surface area contributed by atoms with E-state index in [1.165, 1.54) is 7.11 Å². The molecule has 2 rings (SSSR count). The second-order valence-corrected chi connectivity index (χ2v) is 5.64. The van der Waals surface area contributed by atoms with Crippen molar-refractivity contribution in [1.29, 1.82) is 0 Å². The molecule has 1 aliphatic rings. The van der Waals surface area contributed by atoms with Crippen molar-refractivity contribution in [1.82, 2.24) is 0 Å². The Morgan fingerprint density at radius 2 is 2.19 bits per heavy atom. The predicted molar refractivity (Wildman–Crippen MR) is 76.6 cm³/mol. The number of fused-ring (bicyclic) bond motifs is 1. The molecule has 0 radical (unpaired) electrons. The molecule has 1 aliphatic heterocycles. The molecular formula is C16H20O5. The number of rotatable bonds is 4. The lowest BCUT2D eigenvalue weighted by Gasteiger charge is -2.34. The van der Waals surface area contributed by atoms with Crippen molar-refractivity contribution >= 4 is 11.9 Å². The fourth-order valence-electron chi connectivity index (χ4n) is 2.70. The second-order valence-electron chi connectivity index (χ2n) is 5.64. The summed E-state index contributed by atoms with van der Waals surface area (Å²) in [5, 5.41) is 9.53. The van der Waals surface area contributed by atoms with E-state index >= 15 is 0 Å². The lowest BCUT2D eigenvalue weighted by molar-refractivity contribution is -0.144. The van der Waals surface area contributed by atoms with Crippen LogP contribution in [0.2, 0.25) is 0 Å². The van der Waals surface area contributed by atoms with E-state index in [1.54, 1.807) is 13.0 Å². The molecule has 1 aromatic rings. The van der Waals surface area contributed by atoms with Gasteiger partial charge in [0.25, 0.3) is 0 Å². The van der Waals surface area contributed by atoms with Gasteiger partial charge in [-0.2, -0.15) is 0 Å². The number of hydrogen-bond donors (Lipinski definition) is 1. The Bertz CT molecular complexity index is 566. The monoisotopic (exact) mass is 292 g/mol. The van der Waals surface area contributed by atoms with E-state index in [4.69, 9.17) is 9.47 Å². The number of benzene rings is 1. The fraction of sp³-hybridized carbons (Fsp3) is 0.500. The maximum Gasteiger partial charge on any atom is 0.314 e. The molecule has 5 heteroatoms. The van der Waals surface area contributed by atoms with Crippen LogP contribution >= 0.6 is 0 Å². The smallest absolute Gasteiger partial charge is 0.314 e. The highest BCUT2D eigenvalue weighted by Crippen LogP contribution is 2.43. The van der Waals surface area contributed by atoms with Crippen molar-refractivity contribution in [3.05, 3.63) is 29.3 Å². The largest absolute Gasteiger partial charge is 0.493 e. The minimum absolute atomic E-state index is 0.0939. The summed E-state index contributed by atoms with van der Waals surface area (Å²) >= 11 is 0. The van der Waals surface area contributed by atoms with E-state index in [2.05, 4.69) is 0 Å². The zero-order valence-corrected chi connectivity index (χ0v) is 12.5. The van der Waals surface area contributed by atoms with Crippen molar-refractivity contribution in [3.63, 3.8) is 0 Å². The van der Waals surface area contributed by atoms with Crippen LogP contribution in [0.15, 0.2) is 18.2 Å². The van der Waals surface area contributed by atoms with Gasteiger partial charge in [-0.3, -0.25) is 9.59 Å². The van der Waals surface area contributed by atoms with Crippen LogP contribution in [0, 0.1) is 0 Å². The fourth-order valence-corrected chi connectivity index (χ4v) is 2.70. The average Bonchev–Trinajstić information content (AvgIpc) is 2.46. The van der Waals surface area contributed by atoms with Gasteiger partial charge in [-0.05, 0) is 18.4 Å². The molecule has 1 N–H and O–H groups in total. The zero-order valence-electron chi connectivity index (χ0n) is 12.5. The lowest BCUT2D eigenvalue weighted by atomic mass is 9.76. The van der Waals surface area contributed by atoms with Crippen LogP contribution < -0.4 is 4.74 Å². The molecule has 21 heavy (non-hydrogen) atoms. The van der Waals surface area contributed by atoms with Crippen molar-refractivity contribution in [2.45, 2.75) is 38.0 Å². The Balaban J connectivity index is 2.43. The van der Waals surface area contributed by atoms with Gasteiger partial charge in [0.1, 0.15) is 5.75 Å². The third-order valence-corrected chi connectivity index (χ3v) is 4.19. The van der Waals surface area contributed by atoms with Gasteiger partial charge in [0, 0.05) is 12.0 Å². The van der Waals surface area contributed by atoms with Crippen LogP contribution in [0.4, 0.5) is 0 Å². The highest BCUT2D eigenvalue weighted by Gasteiger charge is 2.41. The standard InChI is InChI=1S/C16H20O5/c1-10(9-13(17)20-3)11-5-4-6-12-14(11)21-8-7-16(12,2)15(18)19/h4-6,10H,7-9H2,1-3H3,(H,18,19)/t10-,16-/m0/s1. The summed E-state index contributed by atoms with van der Waals surface area (Å²) in [6.07, 6.45) is 0.671. The van der Waals surface area contributed by atoms with Gasteiger partial charge in [0.05, 0.1) is 25.6 Å². The van der Waals surface area contributed by atoms with Gasteiger partial charge >= 0.3 is 11.9 Å². The van der Waals surface area contributed by atoms with Crippen LogP contribution in [-0.2, 0) is 19.7 Å². The van der Waals surface area contributed by atoms with E-state index in [9.17, 15) is 14.7 Å². The van der Waals surface area contributed by atoms with E-state index in [0.29, 0.717) is 24.3 Å². The molecule has 0 amide bonds. The van der Waals surface area contributed by atoms with Gasteiger partial charge < -0.3 is 14.6 Å². The average molecular weight is 292 g/mol. The van der Waals surface area contributed by atoms with Gasteiger partial charge in [0.15, 0.2) is 0 Å². The summed E-state index contributed by atoms with van der Waals surface area (Å²) in [6, 6.07) is 5.48. The molecular weight excluding hydrogens is 272 g/mol. The molecule has 5 nitrogen and oxygen atoms in total. The van der Waals surface area contributed by atoms with Crippen molar-refractivity contribution in [3.8, 4) is 5.75 Å². The van der Waals surface area contributed by atoms with Crippen molar-refractivity contribution in [2.75, 3.05) is 13.7 Å². The molecule has 0 unspecified atom stereocenters. The summed E-state index contributed by atoms with van der Waals surface area (Å²) in [5.41, 5.74) is 0.578. The number of ether oxygens (including phenoxy) is 2. The number of carboxylic acids is 1. The predicted octanol–water partition coefficient (Wildman–Crippen LogP) is 2.48. The maximum atomic E-state index is 11.6. The quantitative estimate of drug-likeness (QED) is 0.863. The first kappa shape index (κ1) is 15.4. The van der Waals surface area contributed by atoms with E-state index in [0.717, 1.165) is 5.56 Å². The maximum absolute atomic E-state index is 11.6. The molecule has 0 aliphatic carbocycles. The van der Waals surface area contributed by atoms with Crippen molar-refractivity contribution in [2.24, 2.45) is 0 Å². The molecule has 1 heterocycles. The molecule has 0 fully saturated rings. The third kappa shape index (κ3) is 2.73. The van der Waals surface area contributed by atoms with Crippen molar-refractivity contribution < 1.29 is 24.2 Å². The molecule has 0 aromatic heterocycles. The van der Waals surface area contributed by atoms with E-state index in [-0.39, 0.29) is 18.3 Å². The number of hydrogen-bond acceptors (Lipinski definition) is 4. The Morgan fingerprint density at radius 1 is 1.48 bits per heavy atom. The zero-order chi connectivity index (χ0) is 15.6. The van der Waals surface area contributed by atoms with Crippen LogP contribution in [-0.4, -0.2) is 30.8 Å². The summed E-state index contributed by atoms with van der Waals surface area (Å²) in [7, 11) is 1.35. The highest BCUT2D eigenvalue weighted by atomic mass is 16.5. The first-order valence-corrected chi connectivity index (χ1v) is 6.96. The number of esters is 1. The Labute approximate surface area is 123 Å². The number of aliphatic carboxylic acids is 1. The second kappa shape index (κ2) is 5.76. The van der Waals surface area contributed by atoms with Crippen LogP contribution in [0.3, 0.4) is 0 Å². The van der Waals surface area contributed by atoms with Crippen LogP contribution in [0.1, 0.15) is 43.7 Å². The number of para-hydroxylation sites is 1. The number of carboxylic acid groups (broad SMARTS) is 1. The molecule has 114 valence electrons. The normalized spacial score (nSPS) is 21.9. The summed E-state index contributed by atoms with van der Waals surface area (Å²) in [4.78, 5) is 23.1. The van der Waals surface area contributed by atoms with Crippen LogP contribution in [0.5, 0.6) is 5.75 Å². The van der Waals surface area contributed by atoms with Gasteiger partial charge in [-0.15, -0.1) is 0 Å². The minimum atomic E-state index is -0.950. The Hall–Kier alpha value is -2.04. The number of carbonyl (C=O) groups excluding carboxylic acids is 1. The molecule has 1 aromatic carbocycles. The summed E-state index contributed by atoms with van der Waals surface area (Å²) in [5.74, 6) is -0.643. The highest BCUT2D eigenvalue weighted by molar-refractivity contribution is 5.83. The Morgan fingerprint density at radius 3 is 2.81 bits per heavy atom. The van der Waals surface area contributed by atoms with Gasteiger partial charge in [-0.1, -0.05) is 25.1 Å². The van der Waals surface area contributed by atoms with Gasteiger partial charge in [0.2, 0.25) is 0 Å². The topological polar surface area (TPSA) is 72.8 Å². The van der Waals surface area contributed by atoms with E-state index in [1.807, 2.05) is 19.1 Å². The molecule has 0 saturated carbocycles. The SMILES string of the molecule is COC(=O)C[C@H](C)c1cccc2c1OCC[C@]2(C)C(=O)O. The first-order valence-electron chi connectivity index (χ1n) is 6.96. The molecule has 0 spiro atoms. The summed E-state index contributed by atoms with van der Waals surface area (Å²) < 4.78 is 10.4. The Kier molecular flexibility index (Phi) is 4.21. The first-order chi connectivity index (χ1) is 9.90.